The first kappa shape index (κ1) is 15.4. The van der Waals surface area contributed by atoms with Gasteiger partial charge in [-0.05, 0) is 30.2 Å². The Labute approximate surface area is 144 Å². The molecule has 5 heteroatoms. The standard InChI is InChI=1S/C20H17NO4/c1-24-17-8-4-2-6-12(17)14-10-15(14)21-20(23)19-11-16(22)13-7-3-5-9-18(13)25-19/h2-9,11,14-15H,10H2,1H3,(H,21,23)/t14-,15-/m1/s1. The van der Waals surface area contributed by atoms with Crippen molar-refractivity contribution >= 4 is 16.9 Å². The SMILES string of the molecule is COc1ccccc1[C@H]1C[C@H]1NC(=O)c1cc(=O)c2ccccc2o1. The Morgan fingerprint density at radius 3 is 2.76 bits per heavy atom. The van der Waals surface area contributed by atoms with Gasteiger partial charge in [-0.15, -0.1) is 0 Å². The molecule has 3 aromatic rings. The molecule has 1 aliphatic rings. The molecule has 2 aromatic carbocycles. The van der Waals surface area contributed by atoms with Crippen molar-refractivity contribution in [1.82, 2.24) is 5.32 Å². The Bertz CT molecular complexity index is 1010. The van der Waals surface area contributed by atoms with E-state index in [9.17, 15) is 9.59 Å². The summed E-state index contributed by atoms with van der Waals surface area (Å²) in [7, 11) is 1.64. The molecule has 5 nitrogen and oxygen atoms in total. The number of nitrogens with one attached hydrogen (secondary N) is 1. The van der Waals surface area contributed by atoms with E-state index in [1.54, 1.807) is 31.4 Å². The Balaban J connectivity index is 1.53. The number of benzene rings is 2. The molecule has 1 saturated carbocycles. The van der Waals surface area contributed by atoms with Gasteiger partial charge in [-0.2, -0.15) is 0 Å². The topological polar surface area (TPSA) is 68.5 Å². The van der Waals surface area contributed by atoms with Gasteiger partial charge in [0.05, 0.1) is 12.5 Å². The number of carbonyl (C=O) groups excluding carboxylic acids is 1. The van der Waals surface area contributed by atoms with E-state index in [2.05, 4.69) is 5.32 Å². The molecular weight excluding hydrogens is 318 g/mol. The summed E-state index contributed by atoms with van der Waals surface area (Å²) in [6.45, 7) is 0. The number of methoxy groups -OCH3 is 1. The van der Waals surface area contributed by atoms with Gasteiger partial charge in [0.15, 0.2) is 11.2 Å². The Hall–Kier alpha value is -3.08. The number of para-hydroxylation sites is 2. The van der Waals surface area contributed by atoms with E-state index in [0.717, 1.165) is 17.7 Å². The van der Waals surface area contributed by atoms with Crippen molar-refractivity contribution in [2.24, 2.45) is 0 Å². The normalized spacial score (nSPS) is 18.8. The van der Waals surface area contributed by atoms with E-state index in [1.807, 2.05) is 24.3 Å². The lowest BCUT2D eigenvalue weighted by molar-refractivity contribution is 0.0923. The molecule has 0 bridgehead atoms. The van der Waals surface area contributed by atoms with E-state index in [4.69, 9.17) is 9.15 Å². The number of amides is 1. The molecule has 0 unspecified atom stereocenters. The van der Waals surface area contributed by atoms with Crippen LogP contribution in [0.3, 0.4) is 0 Å². The fraction of sp³-hybridized carbons (Fsp3) is 0.200. The average Bonchev–Trinajstić information content (AvgIpc) is 3.40. The molecule has 1 heterocycles. The second-order valence-electron chi connectivity index (χ2n) is 6.14. The molecule has 126 valence electrons. The van der Waals surface area contributed by atoms with Crippen LogP contribution < -0.4 is 15.5 Å². The number of ether oxygens (including phenoxy) is 1. The van der Waals surface area contributed by atoms with Crippen LogP contribution in [0.2, 0.25) is 0 Å². The quantitative estimate of drug-likeness (QED) is 0.795. The third-order valence-corrected chi connectivity index (χ3v) is 4.50. The summed E-state index contributed by atoms with van der Waals surface area (Å²) in [6.07, 6.45) is 0.837. The van der Waals surface area contributed by atoms with Gasteiger partial charge < -0.3 is 14.5 Å². The van der Waals surface area contributed by atoms with Crippen LogP contribution in [-0.4, -0.2) is 19.1 Å². The van der Waals surface area contributed by atoms with Crippen LogP contribution in [0.1, 0.15) is 28.5 Å². The molecule has 0 aliphatic heterocycles. The zero-order valence-corrected chi connectivity index (χ0v) is 13.7. The summed E-state index contributed by atoms with van der Waals surface area (Å²) in [5.74, 6) is 0.702. The molecule has 0 saturated heterocycles. The lowest BCUT2D eigenvalue weighted by Gasteiger charge is -2.08. The largest absolute Gasteiger partial charge is 0.496 e. The maximum Gasteiger partial charge on any atom is 0.287 e. The number of rotatable bonds is 4. The summed E-state index contributed by atoms with van der Waals surface area (Å²) in [4.78, 5) is 24.6. The van der Waals surface area contributed by atoms with Gasteiger partial charge in [0.1, 0.15) is 11.3 Å². The van der Waals surface area contributed by atoms with Crippen molar-refractivity contribution in [3.8, 4) is 5.75 Å². The van der Waals surface area contributed by atoms with Crippen LogP contribution in [0.4, 0.5) is 0 Å². The van der Waals surface area contributed by atoms with Crippen LogP contribution in [0.15, 0.2) is 63.8 Å². The van der Waals surface area contributed by atoms with E-state index >= 15 is 0 Å². The first-order valence-corrected chi connectivity index (χ1v) is 8.14. The molecule has 1 N–H and O–H groups in total. The summed E-state index contributed by atoms with van der Waals surface area (Å²) >= 11 is 0. The smallest absolute Gasteiger partial charge is 0.287 e. The van der Waals surface area contributed by atoms with Gasteiger partial charge in [-0.3, -0.25) is 9.59 Å². The minimum Gasteiger partial charge on any atom is -0.496 e. The predicted molar refractivity (Wildman–Crippen MR) is 94.1 cm³/mol. The molecule has 1 amide bonds. The number of hydrogen-bond acceptors (Lipinski definition) is 4. The van der Waals surface area contributed by atoms with E-state index in [1.165, 1.54) is 6.07 Å². The molecule has 0 radical (unpaired) electrons. The minimum atomic E-state index is -0.370. The van der Waals surface area contributed by atoms with Crippen molar-refractivity contribution in [3.05, 3.63) is 76.1 Å². The maximum absolute atomic E-state index is 12.4. The maximum atomic E-state index is 12.4. The van der Waals surface area contributed by atoms with Gasteiger partial charge in [0, 0.05) is 18.0 Å². The highest BCUT2D eigenvalue weighted by Gasteiger charge is 2.41. The van der Waals surface area contributed by atoms with Crippen molar-refractivity contribution in [1.29, 1.82) is 0 Å². The highest BCUT2D eigenvalue weighted by Crippen LogP contribution is 2.44. The van der Waals surface area contributed by atoms with Crippen molar-refractivity contribution in [2.75, 3.05) is 7.11 Å². The van der Waals surface area contributed by atoms with Gasteiger partial charge in [0.2, 0.25) is 0 Å². The molecular formula is C20H17NO4. The zero-order chi connectivity index (χ0) is 17.4. The highest BCUT2D eigenvalue weighted by atomic mass is 16.5. The van der Waals surface area contributed by atoms with Crippen LogP contribution in [0.25, 0.3) is 11.0 Å². The minimum absolute atomic E-state index is 0.0144. The third-order valence-electron chi connectivity index (χ3n) is 4.50. The molecule has 0 spiro atoms. The van der Waals surface area contributed by atoms with Crippen molar-refractivity contribution in [2.45, 2.75) is 18.4 Å². The van der Waals surface area contributed by atoms with Gasteiger partial charge in [-0.1, -0.05) is 30.3 Å². The zero-order valence-electron chi connectivity index (χ0n) is 13.7. The van der Waals surface area contributed by atoms with Crippen molar-refractivity contribution in [3.63, 3.8) is 0 Å². The van der Waals surface area contributed by atoms with Gasteiger partial charge >= 0.3 is 0 Å². The van der Waals surface area contributed by atoms with Crippen LogP contribution >= 0.6 is 0 Å². The average molecular weight is 335 g/mol. The predicted octanol–water partition coefficient (Wildman–Crippen LogP) is 3.09. The second kappa shape index (κ2) is 6.09. The highest BCUT2D eigenvalue weighted by molar-refractivity contribution is 5.93. The number of carbonyl (C=O) groups is 1. The fourth-order valence-electron chi connectivity index (χ4n) is 3.13. The fourth-order valence-corrected chi connectivity index (χ4v) is 3.13. The number of fused-ring (bicyclic) bond motifs is 1. The van der Waals surface area contributed by atoms with E-state index in [-0.39, 0.29) is 29.1 Å². The monoisotopic (exact) mass is 335 g/mol. The van der Waals surface area contributed by atoms with Crippen LogP contribution in [-0.2, 0) is 0 Å². The molecule has 1 fully saturated rings. The second-order valence-corrected chi connectivity index (χ2v) is 6.14. The van der Waals surface area contributed by atoms with E-state index < -0.39 is 0 Å². The first-order valence-electron chi connectivity index (χ1n) is 8.14. The van der Waals surface area contributed by atoms with Crippen LogP contribution in [0.5, 0.6) is 5.75 Å². The Morgan fingerprint density at radius 1 is 1.16 bits per heavy atom. The Morgan fingerprint density at radius 2 is 1.92 bits per heavy atom. The molecule has 2 atom stereocenters. The summed E-state index contributed by atoms with van der Waals surface area (Å²) in [6, 6.07) is 16.0. The van der Waals surface area contributed by atoms with E-state index in [0.29, 0.717) is 11.0 Å². The molecule has 1 aromatic heterocycles. The summed E-state index contributed by atoms with van der Waals surface area (Å²) < 4.78 is 11.0. The number of hydrogen-bond donors (Lipinski definition) is 1. The van der Waals surface area contributed by atoms with Crippen molar-refractivity contribution < 1.29 is 13.9 Å². The molecule has 25 heavy (non-hydrogen) atoms. The lowest BCUT2D eigenvalue weighted by Crippen LogP contribution is -2.27. The first-order chi connectivity index (χ1) is 12.2. The van der Waals surface area contributed by atoms with Gasteiger partial charge in [-0.25, -0.2) is 0 Å². The lowest BCUT2D eigenvalue weighted by atomic mass is 10.1. The molecule has 1 aliphatic carbocycles. The van der Waals surface area contributed by atoms with Gasteiger partial charge in [0.25, 0.3) is 5.91 Å². The third kappa shape index (κ3) is 2.89. The van der Waals surface area contributed by atoms with Crippen LogP contribution in [0, 0.1) is 0 Å². The summed E-state index contributed by atoms with van der Waals surface area (Å²) in [5.41, 5.74) is 1.27. The Kier molecular flexibility index (Phi) is 3.76. The summed E-state index contributed by atoms with van der Waals surface area (Å²) in [5, 5.41) is 3.40. The molecule has 4 rings (SSSR count).